The number of amides is 1. The number of aryl methyl sites for hydroxylation is 2. The van der Waals surface area contributed by atoms with E-state index in [0.29, 0.717) is 33.5 Å². The van der Waals surface area contributed by atoms with Crippen LogP contribution in [-0.2, 0) is 11.2 Å². The Hall–Kier alpha value is -2.93. The quantitative estimate of drug-likeness (QED) is 0.675. The second-order valence-electron chi connectivity index (χ2n) is 5.87. The van der Waals surface area contributed by atoms with Crippen LogP contribution in [0.15, 0.2) is 40.9 Å². The van der Waals surface area contributed by atoms with Gasteiger partial charge in [0.15, 0.2) is 0 Å². The molecule has 3 aromatic rings. The number of carbonyl (C=O) groups excluding carboxylic acids is 1. The molecular formula is C19H17ClFN3O3. The zero-order chi connectivity index (χ0) is 19.4. The van der Waals surface area contributed by atoms with Gasteiger partial charge in [0, 0.05) is 24.5 Å². The molecule has 1 amide bonds. The summed E-state index contributed by atoms with van der Waals surface area (Å²) in [5.41, 5.74) is 1.54. The number of nitrogens with zero attached hydrogens (tertiary/aromatic N) is 2. The van der Waals surface area contributed by atoms with Crippen LogP contribution in [0.4, 0.5) is 10.1 Å². The third kappa shape index (κ3) is 4.62. The zero-order valence-corrected chi connectivity index (χ0v) is 15.5. The van der Waals surface area contributed by atoms with Crippen LogP contribution in [0.3, 0.4) is 0 Å². The van der Waals surface area contributed by atoms with Gasteiger partial charge in [-0.2, -0.15) is 4.98 Å². The second-order valence-corrected chi connectivity index (χ2v) is 6.28. The van der Waals surface area contributed by atoms with E-state index in [0.717, 1.165) is 0 Å². The van der Waals surface area contributed by atoms with Crippen LogP contribution in [0.1, 0.15) is 17.9 Å². The number of aromatic nitrogens is 2. The molecule has 0 radical (unpaired) electrons. The molecule has 1 N–H and O–H groups in total. The maximum Gasteiger partial charge on any atom is 0.227 e. The van der Waals surface area contributed by atoms with E-state index in [4.69, 9.17) is 20.9 Å². The summed E-state index contributed by atoms with van der Waals surface area (Å²) in [6, 6.07) is 9.69. The number of nitrogens with one attached hydrogen (secondary N) is 1. The molecule has 0 bridgehead atoms. The van der Waals surface area contributed by atoms with E-state index in [9.17, 15) is 9.18 Å². The Morgan fingerprint density at radius 3 is 2.81 bits per heavy atom. The second kappa shape index (κ2) is 8.18. The predicted molar refractivity (Wildman–Crippen MR) is 99.4 cm³/mol. The third-order valence-electron chi connectivity index (χ3n) is 3.91. The van der Waals surface area contributed by atoms with Crippen molar-refractivity contribution in [3.05, 3.63) is 58.7 Å². The highest BCUT2D eigenvalue weighted by Crippen LogP contribution is 2.26. The minimum absolute atomic E-state index is 0.131. The van der Waals surface area contributed by atoms with Gasteiger partial charge in [-0.25, -0.2) is 4.39 Å². The fraction of sp³-hybridized carbons (Fsp3) is 0.211. The topological polar surface area (TPSA) is 77.2 Å². The lowest BCUT2D eigenvalue weighted by atomic mass is 10.1. The monoisotopic (exact) mass is 389 g/mol. The number of benzene rings is 2. The summed E-state index contributed by atoms with van der Waals surface area (Å²) in [6.07, 6.45) is 0.382. The minimum Gasteiger partial charge on any atom is -0.497 e. The van der Waals surface area contributed by atoms with Crippen molar-refractivity contribution < 1.29 is 18.4 Å². The van der Waals surface area contributed by atoms with Gasteiger partial charge in [-0.15, -0.1) is 0 Å². The van der Waals surface area contributed by atoms with E-state index in [1.807, 2.05) is 0 Å². The Labute approximate surface area is 160 Å². The van der Waals surface area contributed by atoms with Gasteiger partial charge < -0.3 is 14.6 Å². The third-order valence-corrected chi connectivity index (χ3v) is 4.23. The average Bonchev–Trinajstić information content (AvgIpc) is 3.13. The van der Waals surface area contributed by atoms with Crippen LogP contribution in [0.2, 0.25) is 5.02 Å². The van der Waals surface area contributed by atoms with Gasteiger partial charge in [-0.05, 0) is 30.7 Å². The van der Waals surface area contributed by atoms with Crippen LogP contribution >= 0.6 is 11.6 Å². The van der Waals surface area contributed by atoms with E-state index < -0.39 is 0 Å². The Bertz CT molecular complexity index is 975. The molecule has 0 saturated heterocycles. The van der Waals surface area contributed by atoms with Crippen LogP contribution in [0.25, 0.3) is 11.4 Å². The summed E-state index contributed by atoms with van der Waals surface area (Å²) in [4.78, 5) is 16.3. The molecule has 1 heterocycles. The van der Waals surface area contributed by atoms with Crippen LogP contribution < -0.4 is 10.1 Å². The van der Waals surface area contributed by atoms with Crippen molar-refractivity contribution in [3.8, 4) is 17.1 Å². The van der Waals surface area contributed by atoms with E-state index in [1.165, 1.54) is 13.2 Å². The van der Waals surface area contributed by atoms with Crippen LogP contribution in [0.5, 0.6) is 5.75 Å². The number of hydrogen-bond acceptors (Lipinski definition) is 5. The van der Waals surface area contributed by atoms with Gasteiger partial charge in [0.25, 0.3) is 0 Å². The molecule has 1 aromatic heterocycles. The molecule has 0 unspecified atom stereocenters. The summed E-state index contributed by atoms with van der Waals surface area (Å²) in [7, 11) is 1.54. The fourth-order valence-electron chi connectivity index (χ4n) is 2.36. The zero-order valence-electron chi connectivity index (χ0n) is 14.8. The number of anilines is 1. The smallest absolute Gasteiger partial charge is 0.227 e. The molecule has 2 aromatic carbocycles. The lowest BCUT2D eigenvalue weighted by Gasteiger charge is -2.08. The molecule has 0 aliphatic heterocycles. The fourth-order valence-corrected chi connectivity index (χ4v) is 2.58. The molecule has 140 valence electrons. The normalized spacial score (nSPS) is 10.7. The van der Waals surface area contributed by atoms with E-state index in [1.54, 1.807) is 37.3 Å². The van der Waals surface area contributed by atoms with Crippen LogP contribution in [0, 0.1) is 12.7 Å². The first kappa shape index (κ1) is 18.8. The first-order valence-corrected chi connectivity index (χ1v) is 8.56. The number of halogens is 2. The van der Waals surface area contributed by atoms with Crippen molar-refractivity contribution in [2.75, 3.05) is 12.4 Å². The molecule has 8 heteroatoms. The standard InChI is InChI=1S/C19H17ClFN3O3/c1-11-3-4-12(9-15(11)21)19-23-18(27-24-19)8-7-17(25)22-16-6-5-13(26-2)10-14(16)20/h3-6,9-10H,7-8H2,1-2H3,(H,22,25). The van der Waals surface area contributed by atoms with Crippen LogP contribution in [-0.4, -0.2) is 23.2 Å². The first-order valence-electron chi connectivity index (χ1n) is 8.19. The maximum atomic E-state index is 13.7. The summed E-state index contributed by atoms with van der Waals surface area (Å²) in [5.74, 6) is 0.589. The molecule has 0 spiro atoms. The molecule has 0 aliphatic rings. The lowest BCUT2D eigenvalue weighted by molar-refractivity contribution is -0.116. The number of hydrogen-bond donors (Lipinski definition) is 1. The molecule has 27 heavy (non-hydrogen) atoms. The van der Waals surface area contributed by atoms with Gasteiger partial charge in [0.05, 0.1) is 17.8 Å². The molecule has 0 aliphatic carbocycles. The molecule has 0 atom stereocenters. The number of carbonyl (C=O) groups is 1. The van der Waals surface area contributed by atoms with Gasteiger partial charge >= 0.3 is 0 Å². The van der Waals surface area contributed by atoms with Crippen molar-refractivity contribution in [2.45, 2.75) is 19.8 Å². The van der Waals surface area contributed by atoms with Gasteiger partial charge in [-0.1, -0.05) is 28.9 Å². The molecular weight excluding hydrogens is 373 g/mol. The number of rotatable bonds is 6. The van der Waals surface area contributed by atoms with Crippen molar-refractivity contribution in [3.63, 3.8) is 0 Å². The van der Waals surface area contributed by atoms with Crippen molar-refractivity contribution in [1.29, 1.82) is 0 Å². The Balaban J connectivity index is 1.59. The number of methoxy groups -OCH3 is 1. The van der Waals surface area contributed by atoms with Crippen molar-refractivity contribution in [1.82, 2.24) is 10.1 Å². The minimum atomic E-state index is -0.338. The van der Waals surface area contributed by atoms with Gasteiger partial charge in [0.2, 0.25) is 17.6 Å². The molecule has 0 saturated carbocycles. The summed E-state index contributed by atoms with van der Waals surface area (Å²) in [5, 5.41) is 6.93. The summed E-state index contributed by atoms with van der Waals surface area (Å²) in [6.45, 7) is 1.68. The lowest BCUT2D eigenvalue weighted by Crippen LogP contribution is -2.12. The van der Waals surface area contributed by atoms with E-state index in [-0.39, 0.29) is 30.4 Å². The van der Waals surface area contributed by atoms with E-state index in [2.05, 4.69) is 15.5 Å². The largest absolute Gasteiger partial charge is 0.497 e. The highest BCUT2D eigenvalue weighted by molar-refractivity contribution is 6.33. The molecule has 3 rings (SSSR count). The first-order chi connectivity index (χ1) is 13.0. The van der Waals surface area contributed by atoms with Crippen molar-refractivity contribution >= 4 is 23.2 Å². The molecule has 0 fully saturated rings. The van der Waals surface area contributed by atoms with Gasteiger partial charge in [-0.3, -0.25) is 4.79 Å². The summed E-state index contributed by atoms with van der Waals surface area (Å²) >= 11 is 6.10. The van der Waals surface area contributed by atoms with Crippen molar-refractivity contribution in [2.24, 2.45) is 0 Å². The Morgan fingerprint density at radius 1 is 1.30 bits per heavy atom. The Morgan fingerprint density at radius 2 is 2.11 bits per heavy atom. The molecule has 6 nitrogen and oxygen atoms in total. The highest BCUT2D eigenvalue weighted by Gasteiger charge is 2.13. The number of ether oxygens (including phenoxy) is 1. The SMILES string of the molecule is COc1ccc(NC(=O)CCc2nc(-c3ccc(C)c(F)c3)no2)c(Cl)c1. The summed E-state index contributed by atoms with van der Waals surface area (Å²) < 4.78 is 23.9. The Kier molecular flexibility index (Phi) is 5.71. The average molecular weight is 390 g/mol. The predicted octanol–water partition coefficient (Wildman–Crippen LogP) is 4.42. The maximum absolute atomic E-state index is 13.7. The van der Waals surface area contributed by atoms with E-state index >= 15 is 0 Å². The van der Waals surface area contributed by atoms with Gasteiger partial charge in [0.1, 0.15) is 11.6 Å². The highest BCUT2D eigenvalue weighted by atomic mass is 35.5.